The molecule has 0 N–H and O–H groups in total. The maximum Gasteiger partial charge on any atom is 0.231 e. The molecule has 0 aliphatic rings. The van der Waals surface area contributed by atoms with Crippen LogP contribution in [0.5, 0.6) is 5.75 Å². The standard InChI is InChI=1S/C18H17Cl2NO2S/c1-21(2)11-17(23-13-6-4-12(19)5-7-13)18(22)15-9-8-14(24-3)10-16(15)20/h4-11H,1-3H3/b17-11-. The quantitative estimate of drug-likeness (QED) is 0.290. The van der Waals surface area contributed by atoms with E-state index in [0.717, 1.165) is 4.90 Å². The van der Waals surface area contributed by atoms with Crippen molar-refractivity contribution in [2.45, 2.75) is 4.90 Å². The third kappa shape index (κ3) is 4.94. The van der Waals surface area contributed by atoms with Gasteiger partial charge in [-0.25, -0.2) is 0 Å². The van der Waals surface area contributed by atoms with Crippen LogP contribution in [0.3, 0.4) is 0 Å². The first kappa shape index (κ1) is 18.7. The molecule has 0 amide bonds. The Kier molecular flexibility index (Phi) is 6.60. The summed E-state index contributed by atoms with van der Waals surface area (Å²) < 4.78 is 5.76. The molecule has 0 aliphatic carbocycles. The van der Waals surface area contributed by atoms with E-state index in [1.807, 2.05) is 26.4 Å². The van der Waals surface area contributed by atoms with Crippen molar-refractivity contribution in [2.75, 3.05) is 20.4 Å². The third-order valence-corrected chi connectivity index (χ3v) is 4.35. The average Bonchev–Trinajstić information content (AvgIpc) is 2.55. The van der Waals surface area contributed by atoms with Crippen LogP contribution in [0.25, 0.3) is 0 Å². The van der Waals surface area contributed by atoms with Gasteiger partial charge in [0.1, 0.15) is 5.75 Å². The van der Waals surface area contributed by atoms with Crippen LogP contribution in [0.15, 0.2) is 59.3 Å². The summed E-state index contributed by atoms with van der Waals surface area (Å²) in [6.45, 7) is 0. The first-order chi connectivity index (χ1) is 11.4. The molecule has 0 radical (unpaired) electrons. The molecule has 0 aliphatic heterocycles. The van der Waals surface area contributed by atoms with Gasteiger partial charge in [-0.3, -0.25) is 4.79 Å². The van der Waals surface area contributed by atoms with Gasteiger partial charge in [0.05, 0.1) is 5.02 Å². The molecular formula is C18H17Cl2NO2S. The molecule has 0 saturated carbocycles. The van der Waals surface area contributed by atoms with Crippen molar-refractivity contribution in [2.24, 2.45) is 0 Å². The second-order valence-corrected chi connectivity index (χ2v) is 6.91. The van der Waals surface area contributed by atoms with E-state index in [4.69, 9.17) is 27.9 Å². The fourth-order valence-corrected chi connectivity index (χ4v) is 2.83. The van der Waals surface area contributed by atoms with Crippen LogP contribution in [0.2, 0.25) is 10.0 Å². The number of carbonyl (C=O) groups is 1. The Hall–Kier alpha value is -1.62. The van der Waals surface area contributed by atoms with Crippen molar-refractivity contribution in [3.8, 4) is 5.75 Å². The number of Topliss-reactive ketones (excluding diaryl/α,β-unsaturated/α-hetero) is 1. The average molecular weight is 382 g/mol. The Morgan fingerprint density at radius 3 is 2.33 bits per heavy atom. The number of ether oxygens (including phenoxy) is 1. The number of thioether (sulfide) groups is 1. The number of halogens is 2. The minimum atomic E-state index is -0.281. The van der Waals surface area contributed by atoms with E-state index in [2.05, 4.69) is 0 Å². The molecule has 2 rings (SSSR count). The number of nitrogens with zero attached hydrogens (tertiary/aromatic N) is 1. The summed E-state index contributed by atoms with van der Waals surface area (Å²) in [7, 11) is 3.63. The van der Waals surface area contributed by atoms with Crippen molar-refractivity contribution < 1.29 is 9.53 Å². The summed E-state index contributed by atoms with van der Waals surface area (Å²) in [6.07, 6.45) is 3.57. The third-order valence-electron chi connectivity index (χ3n) is 3.06. The van der Waals surface area contributed by atoms with Gasteiger partial charge in [-0.1, -0.05) is 23.2 Å². The van der Waals surface area contributed by atoms with Crippen molar-refractivity contribution >= 4 is 40.7 Å². The van der Waals surface area contributed by atoms with Gasteiger partial charge in [0.2, 0.25) is 5.78 Å². The van der Waals surface area contributed by atoms with E-state index in [0.29, 0.717) is 21.4 Å². The van der Waals surface area contributed by atoms with Gasteiger partial charge < -0.3 is 9.64 Å². The van der Waals surface area contributed by atoms with E-state index in [1.54, 1.807) is 59.3 Å². The topological polar surface area (TPSA) is 29.5 Å². The number of rotatable bonds is 6. The van der Waals surface area contributed by atoms with E-state index in [1.165, 1.54) is 0 Å². The predicted molar refractivity (Wildman–Crippen MR) is 101 cm³/mol. The molecule has 0 fully saturated rings. The normalized spacial score (nSPS) is 11.3. The molecule has 3 nitrogen and oxygen atoms in total. The van der Waals surface area contributed by atoms with E-state index in [9.17, 15) is 4.79 Å². The fourth-order valence-electron chi connectivity index (χ4n) is 1.94. The van der Waals surface area contributed by atoms with Crippen molar-refractivity contribution in [3.05, 3.63) is 70.0 Å². The maximum atomic E-state index is 12.8. The monoisotopic (exact) mass is 381 g/mol. The summed E-state index contributed by atoms with van der Waals surface area (Å²) in [6, 6.07) is 12.2. The Morgan fingerprint density at radius 2 is 1.79 bits per heavy atom. The Morgan fingerprint density at radius 1 is 1.12 bits per heavy atom. The molecule has 126 valence electrons. The molecule has 24 heavy (non-hydrogen) atoms. The molecule has 2 aromatic carbocycles. The van der Waals surface area contributed by atoms with Crippen molar-refractivity contribution in [3.63, 3.8) is 0 Å². The van der Waals surface area contributed by atoms with Gasteiger partial charge >= 0.3 is 0 Å². The number of allylic oxidation sites excluding steroid dienone is 1. The molecular weight excluding hydrogens is 365 g/mol. The minimum absolute atomic E-state index is 0.182. The van der Waals surface area contributed by atoms with E-state index >= 15 is 0 Å². The van der Waals surface area contributed by atoms with Crippen LogP contribution in [0.4, 0.5) is 0 Å². The highest BCUT2D eigenvalue weighted by atomic mass is 35.5. The molecule has 0 unspecified atom stereocenters. The minimum Gasteiger partial charge on any atom is -0.452 e. The first-order valence-electron chi connectivity index (χ1n) is 7.10. The van der Waals surface area contributed by atoms with Crippen LogP contribution < -0.4 is 4.74 Å². The SMILES string of the molecule is CSc1ccc(C(=O)/C(=C/N(C)C)Oc2ccc(Cl)cc2)c(Cl)c1. The zero-order valence-electron chi connectivity index (χ0n) is 13.5. The Bertz CT molecular complexity index is 758. The Balaban J connectivity index is 2.34. The highest BCUT2D eigenvalue weighted by Crippen LogP contribution is 2.26. The highest BCUT2D eigenvalue weighted by molar-refractivity contribution is 7.98. The first-order valence-corrected chi connectivity index (χ1v) is 9.08. The molecule has 0 aromatic heterocycles. The largest absolute Gasteiger partial charge is 0.452 e. The summed E-state index contributed by atoms with van der Waals surface area (Å²) in [5, 5.41) is 0.999. The predicted octanol–water partition coefficient (Wildman–Crippen LogP) is 5.38. The summed E-state index contributed by atoms with van der Waals surface area (Å²) >= 11 is 13.7. The fraction of sp³-hybridized carbons (Fsp3) is 0.167. The molecule has 0 spiro atoms. The van der Waals surface area contributed by atoms with Gasteiger partial charge in [0.15, 0.2) is 5.76 Å². The van der Waals surface area contributed by atoms with Gasteiger partial charge in [-0.15, -0.1) is 11.8 Å². The smallest absolute Gasteiger partial charge is 0.231 e. The van der Waals surface area contributed by atoms with Crippen LogP contribution >= 0.6 is 35.0 Å². The summed E-state index contributed by atoms with van der Waals surface area (Å²) in [5.41, 5.74) is 0.400. The summed E-state index contributed by atoms with van der Waals surface area (Å²) in [4.78, 5) is 15.6. The maximum absolute atomic E-state index is 12.8. The number of hydrogen-bond acceptors (Lipinski definition) is 4. The molecule has 0 saturated heterocycles. The molecule has 0 atom stereocenters. The van der Waals surface area contributed by atoms with E-state index in [-0.39, 0.29) is 11.5 Å². The number of benzene rings is 2. The molecule has 6 heteroatoms. The zero-order valence-corrected chi connectivity index (χ0v) is 15.9. The van der Waals surface area contributed by atoms with Gasteiger partial charge in [0.25, 0.3) is 0 Å². The molecule has 2 aromatic rings. The van der Waals surface area contributed by atoms with Crippen LogP contribution in [0, 0.1) is 0 Å². The van der Waals surface area contributed by atoms with E-state index < -0.39 is 0 Å². The number of ketones is 1. The van der Waals surface area contributed by atoms with Gasteiger partial charge in [-0.2, -0.15) is 0 Å². The second-order valence-electron chi connectivity index (χ2n) is 5.19. The molecule has 0 heterocycles. The zero-order chi connectivity index (χ0) is 17.7. The van der Waals surface area contributed by atoms with Crippen molar-refractivity contribution in [1.29, 1.82) is 0 Å². The lowest BCUT2D eigenvalue weighted by molar-refractivity contribution is 0.0982. The lowest BCUT2D eigenvalue weighted by atomic mass is 10.1. The van der Waals surface area contributed by atoms with Crippen molar-refractivity contribution in [1.82, 2.24) is 4.90 Å². The second kappa shape index (κ2) is 8.47. The van der Waals surface area contributed by atoms with Crippen LogP contribution in [-0.4, -0.2) is 31.0 Å². The summed E-state index contributed by atoms with van der Waals surface area (Å²) in [5.74, 6) is 0.426. The van der Waals surface area contributed by atoms with Gasteiger partial charge in [-0.05, 0) is 48.7 Å². The van der Waals surface area contributed by atoms with Crippen LogP contribution in [0.1, 0.15) is 10.4 Å². The lowest BCUT2D eigenvalue weighted by Gasteiger charge is -2.14. The number of hydrogen-bond donors (Lipinski definition) is 0. The highest BCUT2D eigenvalue weighted by Gasteiger charge is 2.19. The van der Waals surface area contributed by atoms with Crippen LogP contribution in [-0.2, 0) is 0 Å². The Labute approximate surface area is 156 Å². The number of carbonyl (C=O) groups excluding carboxylic acids is 1. The van der Waals surface area contributed by atoms with Gasteiger partial charge in [0, 0.05) is 35.8 Å². The lowest BCUT2D eigenvalue weighted by Crippen LogP contribution is -2.15. The molecule has 0 bridgehead atoms.